The van der Waals surface area contributed by atoms with Crippen molar-refractivity contribution in [2.45, 2.75) is 233 Å². The Morgan fingerprint density at radius 1 is 0.597 bits per heavy atom. The number of hydrogen-bond acceptors (Lipinski definition) is 25. The molecule has 129 heavy (non-hydrogen) atoms. The van der Waals surface area contributed by atoms with E-state index in [1.165, 1.54) is 4.90 Å². The molecule has 5 amide bonds. The average molecular weight is 1860 g/mol. The number of ether oxygens (including phenoxy) is 9. The number of hydrogen-bond donors (Lipinski definition) is 9. The van der Waals surface area contributed by atoms with Gasteiger partial charge >= 0.3 is 24.2 Å². The summed E-state index contributed by atoms with van der Waals surface area (Å²) in [6.07, 6.45) is 12.7. The summed E-state index contributed by atoms with van der Waals surface area (Å²) in [5.74, 6) is -1.64. The number of amides is 5. The van der Waals surface area contributed by atoms with Crippen LogP contribution in [-0.4, -0.2) is 202 Å². The number of aliphatic carboxylic acids is 1. The fourth-order valence-electron chi connectivity index (χ4n) is 11.8. The number of azide groups is 2. The number of carboxylic acids is 1. The molecule has 4 aliphatic heterocycles. The smallest absolute Gasteiger partial charge is 0.408 e. The van der Waals surface area contributed by atoms with Crippen LogP contribution in [0.3, 0.4) is 0 Å². The molecule has 0 saturated carbocycles. The van der Waals surface area contributed by atoms with Crippen LogP contribution in [0, 0.1) is 17.8 Å². The second-order valence-corrected chi connectivity index (χ2v) is 32.0. The first-order valence-corrected chi connectivity index (χ1v) is 44.5. The highest BCUT2D eigenvalue weighted by Gasteiger charge is 2.32. The zero-order chi connectivity index (χ0) is 93.9. The topological polar surface area (TPSA) is 481 Å². The van der Waals surface area contributed by atoms with E-state index >= 15 is 0 Å². The number of carboxylic acid groups (broad SMARTS) is 1. The van der Waals surface area contributed by atoms with Gasteiger partial charge in [0.15, 0.2) is 12.1 Å². The Labute approximate surface area is 767 Å². The third-order valence-electron chi connectivity index (χ3n) is 18.6. The lowest BCUT2D eigenvalue weighted by Crippen LogP contribution is -2.52. The van der Waals surface area contributed by atoms with Crippen molar-refractivity contribution in [2.24, 2.45) is 33.7 Å². The Bertz CT molecular complexity index is 4000. The van der Waals surface area contributed by atoms with Crippen LogP contribution in [0.1, 0.15) is 162 Å². The number of epoxide rings is 1. The Morgan fingerprint density at radius 3 is 1.53 bits per heavy atom. The number of Topliss-reactive ketones (excluding diaryl/α,β-unsaturated/α-hetero) is 1. The van der Waals surface area contributed by atoms with E-state index in [1.807, 2.05) is 219 Å². The highest BCUT2D eigenvalue weighted by Crippen LogP contribution is 2.24. The second kappa shape index (κ2) is 72.0. The normalized spacial score (nSPS) is 16.8. The Morgan fingerprint density at radius 2 is 1.07 bits per heavy atom. The summed E-state index contributed by atoms with van der Waals surface area (Å²) in [7, 11) is 6.69. The lowest BCUT2D eigenvalue weighted by molar-refractivity contribution is -0.217. The van der Waals surface area contributed by atoms with Crippen molar-refractivity contribution in [2.75, 3.05) is 77.6 Å². The van der Waals surface area contributed by atoms with Gasteiger partial charge in [-0.1, -0.05) is 213 Å². The molecule has 2 fully saturated rings. The average Bonchev–Trinajstić information content (AvgIpc) is 1.83. The van der Waals surface area contributed by atoms with Crippen molar-refractivity contribution in [3.63, 3.8) is 0 Å². The van der Waals surface area contributed by atoms with Gasteiger partial charge in [0, 0.05) is 57.0 Å². The molecule has 10 N–H and O–H groups in total. The van der Waals surface area contributed by atoms with Gasteiger partial charge in [0.05, 0.1) is 90.3 Å². The van der Waals surface area contributed by atoms with Crippen molar-refractivity contribution in [3.8, 4) is 0 Å². The maximum absolute atomic E-state index is 13.9. The molecule has 9 rings (SSSR count). The number of carbonyl (C=O) groups is 7. The SMILES string of the molecule is C.CC(C)C[C@H](NC(=O)OCc1ccccc1)C(=O)NCC(=O)CN(Cc1ccccc1)C(=O)[C@H](CC(C)C)NC(=O)OCc1ccccc1.CC(C)C[C@H](NC(=O)OCc1ccccc1)C(=O)O.CCC(CN=[N+]=[N-])OC1CCCC(COP)O1.CCC(O)CN=[N+]=[N-].NCC(CNc1ccccc1)OC1=CCCC(COP)O1.OCC1CO1.POCC1CCC=CO1. The van der Waals surface area contributed by atoms with Crippen molar-refractivity contribution >= 4 is 75.9 Å². The molecular formula is C91H140N13O22P3. The zero-order valence-electron chi connectivity index (χ0n) is 74.9. The number of aliphatic hydroxyl groups is 2. The molecule has 716 valence electrons. The molecule has 2 saturated heterocycles. The predicted octanol–water partition coefficient (Wildman–Crippen LogP) is 15.4. The van der Waals surface area contributed by atoms with Crippen LogP contribution in [0.4, 0.5) is 20.1 Å². The van der Waals surface area contributed by atoms with Crippen LogP contribution in [0.25, 0.3) is 20.9 Å². The molecule has 5 aromatic rings. The fourth-order valence-corrected chi connectivity index (χ4v) is 12.4. The number of carbonyl (C=O) groups excluding carboxylic acids is 6. The number of anilines is 1. The minimum Gasteiger partial charge on any atom is -0.496 e. The number of para-hydroxylation sites is 1. The highest BCUT2D eigenvalue weighted by atomic mass is 31.0. The number of aliphatic hydroxyl groups excluding tert-OH is 2. The summed E-state index contributed by atoms with van der Waals surface area (Å²) in [6.45, 7) is 19.3. The molecule has 5 aromatic carbocycles. The number of rotatable bonds is 45. The van der Waals surface area contributed by atoms with E-state index in [2.05, 4.69) is 79.8 Å². The molecule has 14 atom stereocenters. The van der Waals surface area contributed by atoms with Crippen LogP contribution >= 0.6 is 28.4 Å². The van der Waals surface area contributed by atoms with Crippen molar-refractivity contribution < 1.29 is 105 Å². The molecule has 0 spiro atoms. The number of nitrogens with zero attached hydrogens (tertiary/aromatic N) is 7. The first-order valence-electron chi connectivity index (χ1n) is 43.0. The van der Waals surface area contributed by atoms with Crippen LogP contribution < -0.4 is 32.3 Å². The summed E-state index contributed by atoms with van der Waals surface area (Å²) >= 11 is 0. The number of alkyl carbamates (subject to hydrolysis) is 3. The zero-order valence-corrected chi connectivity index (χ0v) is 78.3. The third-order valence-corrected chi connectivity index (χ3v) is 19.2. The van der Waals surface area contributed by atoms with E-state index in [0.29, 0.717) is 71.1 Å². The second-order valence-electron chi connectivity index (χ2n) is 31.0. The van der Waals surface area contributed by atoms with E-state index in [0.717, 1.165) is 85.9 Å². The van der Waals surface area contributed by atoms with Gasteiger partial charge in [0.2, 0.25) is 11.8 Å². The van der Waals surface area contributed by atoms with Gasteiger partial charge in [-0.3, -0.25) is 14.4 Å². The van der Waals surface area contributed by atoms with Gasteiger partial charge in [0.25, 0.3) is 5.95 Å². The summed E-state index contributed by atoms with van der Waals surface area (Å²) in [6, 6.07) is 43.9. The number of allylic oxidation sites excluding steroid dienone is 2. The number of nitrogens with one attached hydrogen (secondary N) is 5. The van der Waals surface area contributed by atoms with Gasteiger partial charge in [-0.2, -0.15) is 0 Å². The summed E-state index contributed by atoms with van der Waals surface area (Å²) in [5, 5.41) is 46.1. The molecule has 0 bridgehead atoms. The molecular weight excluding hydrogens is 1720 g/mol. The molecule has 0 aromatic heterocycles. The van der Waals surface area contributed by atoms with Crippen LogP contribution in [0.2, 0.25) is 0 Å². The van der Waals surface area contributed by atoms with Crippen molar-refractivity contribution in [1.82, 2.24) is 26.2 Å². The minimum atomic E-state index is -1.05. The maximum Gasteiger partial charge on any atom is 0.408 e. The molecule has 4 heterocycles. The largest absolute Gasteiger partial charge is 0.496 e. The standard InChI is InChI=1S/C38H48N4O7.C15H23N2O3P.C14H19NO4.C10H20N3O3P.C6H11O2P.C4H9N3O.C3H6O2.CH4/c1-27(2)20-33(40-37(46)48-25-30-16-10-6-11-17-30)35(44)39-22-32(43)24-42(23-29-14-8-5-9-15-29)36(45)34(21-28(3)4)41-38(47)49-26-31-18-12-7-13-19-31;16-9-14(10-17-12-5-2-1-3-6-12)20-15-8-4-7-13(19-15)11-18-21;1-10(2)8-12(13(16)17)15-14(18)19-9-11-6-4-3-5-7-11;1-2-8(6-12-13-11)15-10-5-3-4-9(16-10)7-14-17;9-8-5-6-3-1-2-4-7-6;1-2-4(8)3-6-7-5;4-1-3-2-5-3;/h5-19,27-28,33-34H,20-26H2,1-4H3,(H,39,44)(H,40,46)(H,41,47);1-3,5-6,8,13-14,17H,4,7,9-11,16,21H2;3-7,10,12H,8-9H2,1-2H3,(H,15,18)(H,16,17);8-10H,2-7,17H2,1H3;2,4,6H,1,3,5,9H2;4,8H,2-3H2,1H3;3-4H,1-2H2;1H4/t33-,34-;;12-;;;;;/m0.0...../s1. The summed E-state index contributed by atoms with van der Waals surface area (Å²) in [4.78, 5) is 94.7. The first-order chi connectivity index (χ1) is 61.8. The van der Waals surface area contributed by atoms with Crippen molar-refractivity contribution in [1.29, 1.82) is 0 Å². The number of nitrogens with two attached hydrogens (primary N) is 1. The number of ketones is 1. The van der Waals surface area contributed by atoms with E-state index in [-0.39, 0.29) is 121 Å². The minimum absolute atomic E-state index is 0. The molecule has 11 unspecified atom stereocenters. The maximum atomic E-state index is 13.9. The molecule has 0 aliphatic carbocycles. The highest BCUT2D eigenvalue weighted by molar-refractivity contribution is 7.10. The van der Waals surface area contributed by atoms with Crippen molar-refractivity contribution in [3.05, 3.63) is 219 Å². The quantitative estimate of drug-likeness (QED) is 0.00436. The van der Waals surface area contributed by atoms with Crippen LogP contribution in [0.15, 0.2) is 186 Å². The van der Waals surface area contributed by atoms with Gasteiger partial charge < -0.3 is 109 Å². The summed E-state index contributed by atoms with van der Waals surface area (Å²) in [5.41, 5.74) is 26.1. The third kappa shape index (κ3) is 57.1. The van der Waals surface area contributed by atoms with E-state index in [4.69, 9.17) is 83.6 Å². The van der Waals surface area contributed by atoms with E-state index < -0.39 is 66.1 Å². The van der Waals surface area contributed by atoms with Gasteiger partial charge in [-0.15, -0.1) is 0 Å². The summed E-state index contributed by atoms with van der Waals surface area (Å²) < 4.78 is 63.4. The number of benzene rings is 5. The van der Waals surface area contributed by atoms with Crippen LogP contribution in [-0.2, 0) is 102 Å². The Hall–Kier alpha value is -9.78. The molecule has 4 aliphatic rings. The lowest BCUT2D eigenvalue weighted by atomic mass is 10.0. The van der Waals surface area contributed by atoms with E-state index in [9.17, 15) is 33.6 Å². The van der Waals surface area contributed by atoms with Gasteiger partial charge in [0.1, 0.15) is 62.4 Å². The monoisotopic (exact) mass is 1860 g/mol. The first kappa shape index (κ1) is 115. The molecule has 38 heteroatoms. The van der Waals surface area contributed by atoms with Gasteiger partial charge in [-0.25, -0.2) is 19.2 Å². The van der Waals surface area contributed by atoms with Gasteiger partial charge in [-0.05, 0) is 152 Å². The van der Waals surface area contributed by atoms with E-state index in [1.54, 1.807) is 6.26 Å². The molecule has 0 radical (unpaired) electrons. The van der Waals surface area contributed by atoms with Crippen LogP contribution in [0.5, 0.6) is 0 Å². The fraction of sp³-hybridized carbons (Fsp3) is 0.549. The predicted molar refractivity (Wildman–Crippen MR) is 503 cm³/mol. The Kier molecular flexibility index (Phi) is 64.3. The lowest BCUT2D eigenvalue weighted by Gasteiger charge is -2.31. The Balaban J connectivity index is 0.000000580. The molecule has 35 nitrogen and oxygen atoms in total.